The van der Waals surface area contributed by atoms with Gasteiger partial charge in [-0.1, -0.05) is 22.0 Å². The number of carbonyl (C=O) groups excluding carboxylic acids is 1. The second-order valence-electron chi connectivity index (χ2n) is 4.84. The topological polar surface area (TPSA) is 72.9 Å². The van der Waals surface area contributed by atoms with E-state index < -0.39 is 22.3 Å². The van der Waals surface area contributed by atoms with Gasteiger partial charge in [-0.05, 0) is 18.2 Å². The molecule has 0 aliphatic carbocycles. The molecule has 1 saturated heterocycles. The maximum atomic E-state index is 12.0. The maximum Gasteiger partial charge on any atom is 0.415 e. The van der Waals surface area contributed by atoms with Crippen LogP contribution in [0.5, 0.6) is 0 Å². The van der Waals surface area contributed by atoms with Crippen LogP contribution in [0.4, 0.5) is 9.80 Å². The first-order valence-corrected chi connectivity index (χ1v) is 9.77. The van der Waals surface area contributed by atoms with E-state index in [1.54, 1.807) is 0 Å². The predicted molar refractivity (Wildman–Crippen MR) is 87.9 cm³/mol. The third-order valence-corrected chi connectivity index (χ3v) is 5.48. The van der Waals surface area contributed by atoms with Crippen molar-refractivity contribution in [2.75, 3.05) is 24.3 Å². The van der Waals surface area contributed by atoms with Crippen molar-refractivity contribution in [2.24, 2.45) is 0 Å². The highest BCUT2D eigenvalue weighted by atomic mass is 79.9. The molecule has 0 spiro atoms. The molecule has 0 bridgehead atoms. The Kier molecular flexibility index (Phi) is 4.15. The van der Waals surface area contributed by atoms with Gasteiger partial charge < -0.3 is 4.74 Å². The van der Waals surface area contributed by atoms with Gasteiger partial charge in [-0.2, -0.15) is 8.42 Å². The lowest BCUT2D eigenvalue weighted by atomic mass is 10.2. The number of nitrogens with zero attached hydrogens (tertiary/aromatic N) is 1. The van der Waals surface area contributed by atoms with Crippen molar-refractivity contribution in [2.45, 2.75) is 6.10 Å². The molecule has 1 aliphatic rings. The third kappa shape index (κ3) is 3.27. The Hall–Kier alpha value is -1.16. The van der Waals surface area contributed by atoms with Crippen LogP contribution in [0.2, 0.25) is 0 Å². The summed E-state index contributed by atoms with van der Waals surface area (Å²) in [5.74, 6) is 0. The SMILES string of the molecule is CS(=O)(=O)OC[C@H]1CN(c2cc3c(Br)cccc3s2)C(=O)O1. The summed E-state index contributed by atoms with van der Waals surface area (Å²) in [5, 5.41) is 1.78. The molecule has 1 aromatic carbocycles. The molecule has 6 nitrogen and oxygen atoms in total. The molecule has 3 rings (SSSR count). The molecule has 0 saturated carbocycles. The summed E-state index contributed by atoms with van der Waals surface area (Å²) in [6.45, 7) is 0.0917. The van der Waals surface area contributed by atoms with E-state index in [0.717, 1.165) is 25.8 Å². The van der Waals surface area contributed by atoms with E-state index in [9.17, 15) is 13.2 Å². The number of carbonyl (C=O) groups is 1. The minimum absolute atomic E-state index is 0.171. The van der Waals surface area contributed by atoms with Crippen LogP contribution in [0.3, 0.4) is 0 Å². The Morgan fingerprint density at radius 1 is 1.50 bits per heavy atom. The highest BCUT2D eigenvalue weighted by molar-refractivity contribution is 9.10. The molecule has 22 heavy (non-hydrogen) atoms. The van der Waals surface area contributed by atoms with E-state index in [4.69, 9.17) is 4.74 Å². The zero-order chi connectivity index (χ0) is 15.9. The van der Waals surface area contributed by atoms with E-state index >= 15 is 0 Å². The molecule has 1 aliphatic heterocycles. The van der Waals surface area contributed by atoms with Crippen molar-refractivity contribution in [1.82, 2.24) is 0 Å². The van der Waals surface area contributed by atoms with Crippen LogP contribution in [0.25, 0.3) is 10.1 Å². The molecule has 0 unspecified atom stereocenters. The summed E-state index contributed by atoms with van der Waals surface area (Å²) in [5.41, 5.74) is 0. The van der Waals surface area contributed by atoms with Gasteiger partial charge in [-0.15, -0.1) is 11.3 Å². The number of rotatable bonds is 4. The predicted octanol–water partition coefficient (Wildman–Crippen LogP) is 2.97. The second kappa shape index (κ2) is 5.80. The molecule has 0 radical (unpaired) electrons. The van der Waals surface area contributed by atoms with E-state index in [1.807, 2.05) is 24.3 Å². The number of benzene rings is 1. The van der Waals surface area contributed by atoms with Gasteiger partial charge in [0, 0.05) is 14.6 Å². The Morgan fingerprint density at radius 2 is 2.27 bits per heavy atom. The number of hydrogen-bond acceptors (Lipinski definition) is 6. The molecule has 0 N–H and O–H groups in total. The molecule has 118 valence electrons. The molecule has 1 amide bonds. The first-order chi connectivity index (χ1) is 10.3. The molecule has 2 aromatic rings. The van der Waals surface area contributed by atoms with Crippen LogP contribution in [0, 0.1) is 0 Å². The fraction of sp³-hybridized carbons (Fsp3) is 0.308. The van der Waals surface area contributed by atoms with Crippen LogP contribution in [-0.2, 0) is 19.0 Å². The number of halogens is 1. The Labute approximate surface area is 139 Å². The molecular formula is C13H12BrNO5S2. The second-order valence-corrected chi connectivity index (χ2v) is 8.40. The molecule has 1 aromatic heterocycles. The highest BCUT2D eigenvalue weighted by Crippen LogP contribution is 2.37. The maximum absolute atomic E-state index is 12.0. The van der Waals surface area contributed by atoms with E-state index in [1.165, 1.54) is 16.2 Å². The molecule has 1 fully saturated rings. The first-order valence-electron chi connectivity index (χ1n) is 6.34. The average molecular weight is 406 g/mol. The molecule has 2 heterocycles. The largest absolute Gasteiger partial charge is 0.441 e. The normalized spacial score (nSPS) is 18.9. The number of amides is 1. The van der Waals surface area contributed by atoms with Crippen LogP contribution >= 0.6 is 27.3 Å². The van der Waals surface area contributed by atoms with E-state index in [0.29, 0.717) is 0 Å². The summed E-state index contributed by atoms with van der Waals surface area (Å²) in [6.07, 6.45) is -0.133. The number of thiophene rings is 1. The van der Waals surface area contributed by atoms with Gasteiger partial charge in [-0.3, -0.25) is 9.08 Å². The Bertz CT molecular complexity index is 832. The first kappa shape index (κ1) is 15.7. The van der Waals surface area contributed by atoms with Crippen molar-refractivity contribution < 1.29 is 22.1 Å². The lowest BCUT2D eigenvalue weighted by molar-refractivity contribution is 0.107. The zero-order valence-corrected chi connectivity index (χ0v) is 14.7. The van der Waals surface area contributed by atoms with Gasteiger partial charge in [0.15, 0.2) is 0 Å². The number of fused-ring (bicyclic) bond motifs is 1. The molecule has 1 atom stereocenters. The summed E-state index contributed by atoms with van der Waals surface area (Å²) >= 11 is 4.95. The average Bonchev–Trinajstić information content (AvgIpc) is 3.00. The summed E-state index contributed by atoms with van der Waals surface area (Å²) in [7, 11) is -3.55. The minimum Gasteiger partial charge on any atom is -0.441 e. The Balaban J connectivity index is 1.79. The van der Waals surface area contributed by atoms with Crippen LogP contribution < -0.4 is 4.90 Å². The van der Waals surface area contributed by atoms with Crippen LogP contribution in [0.15, 0.2) is 28.7 Å². The van der Waals surface area contributed by atoms with E-state index in [-0.39, 0.29) is 13.2 Å². The van der Waals surface area contributed by atoms with Crippen molar-refractivity contribution in [3.63, 3.8) is 0 Å². The van der Waals surface area contributed by atoms with Crippen molar-refractivity contribution in [3.05, 3.63) is 28.7 Å². The quantitative estimate of drug-likeness (QED) is 0.730. The van der Waals surface area contributed by atoms with Crippen LogP contribution in [-0.4, -0.2) is 40.0 Å². The van der Waals surface area contributed by atoms with Gasteiger partial charge in [0.25, 0.3) is 10.1 Å². The van der Waals surface area contributed by atoms with E-state index in [2.05, 4.69) is 20.1 Å². The lowest BCUT2D eigenvalue weighted by Crippen LogP contribution is -2.25. The lowest BCUT2D eigenvalue weighted by Gasteiger charge is -2.09. The number of ether oxygens (including phenoxy) is 1. The third-order valence-electron chi connectivity index (χ3n) is 3.10. The molecular weight excluding hydrogens is 394 g/mol. The van der Waals surface area contributed by atoms with Crippen molar-refractivity contribution >= 4 is 58.6 Å². The van der Waals surface area contributed by atoms with Crippen LogP contribution in [0.1, 0.15) is 0 Å². The van der Waals surface area contributed by atoms with Gasteiger partial charge in [-0.25, -0.2) is 4.79 Å². The highest BCUT2D eigenvalue weighted by Gasteiger charge is 2.34. The summed E-state index contributed by atoms with van der Waals surface area (Å²) < 4.78 is 33.8. The number of cyclic esters (lactones) is 1. The fourth-order valence-corrected chi connectivity index (χ4v) is 4.23. The Morgan fingerprint density at radius 3 is 2.95 bits per heavy atom. The number of hydrogen-bond donors (Lipinski definition) is 0. The standard InChI is InChI=1S/C13H12BrNO5S2/c1-22(17,18)19-7-8-6-15(13(16)20-8)12-5-9-10(14)3-2-4-11(9)21-12/h2-5,8H,6-7H2,1H3/t8-/m1/s1. The molecule has 9 heteroatoms. The minimum atomic E-state index is -3.55. The fourth-order valence-electron chi connectivity index (χ4n) is 2.13. The van der Waals surface area contributed by atoms with Crippen molar-refractivity contribution in [3.8, 4) is 0 Å². The summed E-state index contributed by atoms with van der Waals surface area (Å²) in [4.78, 5) is 13.5. The van der Waals surface area contributed by atoms with Gasteiger partial charge >= 0.3 is 6.09 Å². The van der Waals surface area contributed by atoms with Gasteiger partial charge in [0.1, 0.15) is 17.7 Å². The zero-order valence-electron chi connectivity index (χ0n) is 11.5. The number of anilines is 1. The summed E-state index contributed by atoms with van der Waals surface area (Å²) in [6, 6.07) is 7.74. The smallest absolute Gasteiger partial charge is 0.415 e. The monoisotopic (exact) mass is 405 g/mol. The van der Waals surface area contributed by atoms with Crippen molar-refractivity contribution in [1.29, 1.82) is 0 Å². The van der Waals surface area contributed by atoms with Gasteiger partial charge in [0.2, 0.25) is 0 Å². The van der Waals surface area contributed by atoms with Gasteiger partial charge in [0.05, 0.1) is 12.8 Å².